The van der Waals surface area contributed by atoms with Gasteiger partial charge in [-0.3, -0.25) is 5.10 Å². The van der Waals surface area contributed by atoms with Crippen LogP contribution >= 0.6 is 23.2 Å². The van der Waals surface area contributed by atoms with Crippen molar-refractivity contribution >= 4 is 23.2 Å². The Balaban J connectivity index is 1.96. The number of aromatic hydroxyl groups is 2. The standard InChI is InChI=1S/C26H19Cl2F3N2O4/c1-36-18-9-12(3-5-16(18)34)25(13-4-6-17(35)19(10-13)37-2)11-14-21(26(29,30)31)22(25)24(28)20(23(14)27)15-7-8-32-33-15/h3-10,34-35H,11H2,1-2H3,(H,32,33). The number of nitrogens with zero attached hydrogens (tertiary/aromatic N) is 1. The Morgan fingerprint density at radius 3 is 1.95 bits per heavy atom. The number of rotatable bonds is 5. The smallest absolute Gasteiger partial charge is 0.417 e. The highest BCUT2D eigenvalue weighted by molar-refractivity contribution is 6.40. The lowest BCUT2D eigenvalue weighted by Crippen LogP contribution is -2.29. The third-order valence-corrected chi connectivity index (χ3v) is 7.52. The minimum atomic E-state index is -4.80. The maximum absolute atomic E-state index is 14.7. The molecule has 4 aromatic rings. The number of benzene rings is 3. The molecule has 1 aliphatic rings. The number of halogens is 5. The predicted molar refractivity (Wildman–Crippen MR) is 132 cm³/mol. The fourth-order valence-electron chi connectivity index (χ4n) is 5.15. The van der Waals surface area contributed by atoms with Crippen molar-refractivity contribution in [1.29, 1.82) is 0 Å². The zero-order valence-corrected chi connectivity index (χ0v) is 20.9. The lowest BCUT2D eigenvalue weighted by molar-refractivity contribution is -0.138. The van der Waals surface area contributed by atoms with Crippen LogP contribution in [-0.2, 0) is 18.0 Å². The van der Waals surface area contributed by atoms with Gasteiger partial charge in [-0.25, -0.2) is 0 Å². The van der Waals surface area contributed by atoms with Crippen LogP contribution < -0.4 is 9.47 Å². The lowest BCUT2D eigenvalue weighted by atomic mass is 9.69. The molecule has 192 valence electrons. The van der Waals surface area contributed by atoms with Gasteiger partial charge in [0.05, 0.1) is 40.9 Å². The third-order valence-electron chi connectivity index (χ3n) is 6.73. The van der Waals surface area contributed by atoms with Gasteiger partial charge in [-0.2, -0.15) is 18.3 Å². The van der Waals surface area contributed by atoms with Crippen LogP contribution in [0, 0.1) is 0 Å². The molecule has 6 nitrogen and oxygen atoms in total. The van der Waals surface area contributed by atoms with Crippen molar-refractivity contribution in [2.24, 2.45) is 0 Å². The van der Waals surface area contributed by atoms with E-state index in [0.29, 0.717) is 11.1 Å². The summed E-state index contributed by atoms with van der Waals surface area (Å²) in [6, 6.07) is 10.2. The van der Waals surface area contributed by atoms with E-state index in [1.807, 2.05) is 0 Å². The molecule has 1 aliphatic carbocycles. The van der Waals surface area contributed by atoms with Gasteiger partial charge < -0.3 is 19.7 Å². The summed E-state index contributed by atoms with van der Waals surface area (Å²) in [4.78, 5) is 0. The molecule has 0 amide bonds. The fourth-order valence-corrected chi connectivity index (χ4v) is 5.99. The van der Waals surface area contributed by atoms with Gasteiger partial charge in [-0.05, 0) is 59.0 Å². The van der Waals surface area contributed by atoms with Gasteiger partial charge in [-0.1, -0.05) is 35.3 Å². The number of H-pyrrole nitrogens is 1. The average molecular weight is 551 g/mol. The van der Waals surface area contributed by atoms with Crippen LogP contribution in [0.25, 0.3) is 11.3 Å². The molecular weight excluding hydrogens is 532 g/mol. The zero-order chi connectivity index (χ0) is 26.7. The second kappa shape index (κ2) is 8.78. The number of fused-ring (bicyclic) bond motifs is 2. The first kappa shape index (κ1) is 25.1. The molecule has 0 spiro atoms. The van der Waals surface area contributed by atoms with Crippen LogP contribution in [0.2, 0.25) is 10.0 Å². The fraction of sp³-hybridized carbons (Fsp3) is 0.192. The summed E-state index contributed by atoms with van der Waals surface area (Å²) in [6.45, 7) is 0. The number of hydrogen-bond acceptors (Lipinski definition) is 5. The molecule has 3 aromatic carbocycles. The summed E-state index contributed by atoms with van der Waals surface area (Å²) >= 11 is 13.5. The van der Waals surface area contributed by atoms with E-state index in [1.165, 1.54) is 56.8 Å². The average Bonchev–Trinajstić information content (AvgIpc) is 3.49. The second-order valence-electron chi connectivity index (χ2n) is 8.54. The topological polar surface area (TPSA) is 87.6 Å². The Labute approximate surface area is 219 Å². The van der Waals surface area contributed by atoms with Crippen LogP contribution in [0.1, 0.15) is 27.8 Å². The molecule has 0 unspecified atom stereocenters. The largest absolute Gasteiger partial charge is 0.504 e. The van der Waals surface area contributed by atoms with Gasteiger partial charge >= 0.3 is 6.18 Å². The predicted octanol–water partition coefficient (Wildman–Crippen LogP) is 6.72. The molecule has 1 heterocycles. The number of hydrogen-bond donors (Lipinski definition) is 3. The first-order valence-corrected chi connectivity index (χ1v) is 11.7. The molecule has 2 bridgehead atoms. The number of alkyl halides is 3. The number of methoxy groups -OCH3 is 2. The number of ether oxygens (including phenoxy) is 2. The van der Waals surface area contributed by atoms with E-state index in [9.17, 15) is 23.4 Å². The van der Waals surface area contributed by atoms with Crippen LogP contribution in [0.4, 0.5) is 13.2 Å². The summed E-state index contributed by atoms with van der Waals surface area (Å²) in [7, 11) is 2.68. The van der Waals surface area contributed by atoms with Crippen molar-refractivity contribution in [1.82, 2.24) is 10.2 Å². The van der Waals surface area contributed by atoms with Crippen molar-refractivity contribution < 1.29 is 32.9 Å². The zero-order valence-electron chi connectivity index (χ0n) is 19.4. The van der Waals surface area contributed by atoms with Crippen LogP contribution in [0.15, 0.2) is 48.7 Å². The SMILES string of the molecule is COc1cc(C2(c3ccc(O)c(OC)c3)Cc3c(Cl)c(-c4cc[nH]n4)c(Cl)c2c3C(F)(F)F)ccc1O. The van der Waals surface area contributed by atoms with Crippen LogP contribution in [0.3, 0.4) is 0 Å². The monoisotopic (exact) mass is 550 g/mol. The Hall–Kier alpha value is -3.56. The molecular formula is C26H19Cl2F3N2O4. The van der Waals surface area contributed by atoms with E-state index >= 15 is 0 Å². The summed E-state index contributed by atoms with van der Waals surface area (Å²) in [6.07, 6.45) is -3.51. The van der Waals surface area contributed by atoms with Crippen molar-refractivity contribution in [2.75, 3.05) is 14.2 Å². The number of phenolic OH excluding ortho intramolecular Hbond substituents is 2. The molecule has 11 heteroatoms. The molecule has 0 saturated heterocycles. The number of nitrogens with one attached hydrogen (secondary N) is 1. The third kappa shape index (κ3) is 3.67. The van der Waals surface area contributed by atoms with Gasteiger partial charge in [0, 0.05) is 11.8 Å². The Bertz CT molecular complexity index is 1470. The van der Waals surface area contributed by atoms with Gasteiger partial charge in [0.15, 0.2) is 23.0 Å². The van der Waals surface area contributed by atoms with E-state index in [1.54, 1.807) is 6.07 Å². The molecule has 5 rings (SSSR count). The highest BCUT2D eigenvalue weighted by Crippen LogP contribution is 2.61. The summed E-state index contributed by atoms with van der Waals surface area (Å²) in [5.41, 5.74) is -1.70. The highest BCUT2D eigenvalue weighted by Gasteiger charge is 2.54. The lowest BCUT2D eigenvalue weighted by Gasteiger charge is -2.33. The summed E-state index contributed by atoms with van der Waals surface area (Å²) in [5, 5.41) is 26.8. The van der Waals surface area contributed by atoms with Crippen molar-refractivity contribution in [3.63, 3.8) is 0 Å². The normalized spacial score (nSPS) is 14.1. The van der Waals surface area contributed by atoms with Gasteiger partial charge in [0.25, 0.3) is 0 Å². The second-order valence-corrected chi connectivity index (χ2v) is 9.30. The number of aromatic nitrogens is 2. The number of phenols is 2. The molecule has 0 atom stereocenters. The first-order chi connectivity index (χ1) is 17.5. The van der Waals surface area contributed by atoms with Crippen LogP contribution in [0.5, 0.6) is 23.0 Å². The van der Waals surface area contributed by atoms with Crippen molar-refractivity contribution in [3.05, 3.63) is 86.5 Å². The maximum Gasteiger partial charge on any atom is 0.417 e. The summed E-state index contributed by atoms with van der Waals surface area (Å²) in [5.74, 6) is -0.254. The van der Waals surface area contributed by atoms with Gasteiger partial charge in [-0.15, -0.1) is 0 Å². The molecule has 1 aromatic heterocycles. The minimum Gasteiger partial charge on any atom is -0.504 e. The van der Waals surface area contributed by atoms with E-state index in [0.717, 1.165) is 0 Å². The molecule has 37 heavy (non-hydrogen) atoms. The maximum atomic E-state index is 14.7. The number of aromatic amines is 1. The molecule has 0 fully saturated rings. The Morgan fingerprint density at radius 1 is 0.919 bits per heavy atom. The molecule has 0 aliphatic heterocycles. The summed E-state index contributed by atoms with van der Waals surface area (Å²) < 4.78 is 54.7. The van der Waals surface area contributed by atoms with E-state index < -0.39 is 17.2 Å². The Morgan fingerprint density at radius 2 is 1.49 bits per heavy atom. The Kier molecular flexibility index (Phi) is 5.96. The van der Waals surface area contributed by atoms with E-state index in [4.69, 9.17) is 32.7 Å². The molecule has 3 N–H and O–H groups in total. The van der Waals surface area contributed by atoms with Gasteiger partial charge in [0.1, 0.15) is 0 Å². The first-order valence-electron chi connectivity index (χ1n) is 10.9. The highest BCUT2D eigenvalue weighted by atomic mass is 35.5. The van der Waals surface area contributed by atoms with E-state index in [2.05, 4.69) is 10.2 Å². The molecule has 0 saturated carbocycles. The minimum absolute atomic E-state index is 0.0610. The van der Waals surface area contributed by atoms with E-state index in [-0.39, 0.29) is 61.8 Å². The molecule has 0 radical (unpaired) electrons. The van der Waals surface area contributed by atoms with Crippen LogP contribution in [-0.4, -0.2) is 34.6 Å². The van der Waals surface area contributed by atoms with Crippen molar-refractivity contribution in [2.45, 2.75) is 18.0 Å². The van der Waals surface area contributed by atoms with Gasteiger partial charge in [0.2, 0.25) is 0 Å². The quantitative estimate of drug-likeness (QED) is 0.256. The van der Waals surface area contributed by atoms with Crippen molar-refractivity contribution in [3.8, 4) is 34.3 Å².